The first kappa shape index (κ1) is 18.0. The molecule has 0 aliphatic carbocycles. The van der Waals surface area contributed by atoms with E-state index in [1.165, 1.54) is 27.7 Å². The molecule has 0 aliphatic heterocycles. The lowest BCUT2D eigenvalue weighted by atomic mass is 9.99. The van der Waals surface area contributed by atoms with Gasteiger partial charge >= 0.3 is 0 Å². The fourth-order valence-corrected chi connectivity index (χ4v) is 4.33. The van der Waals surface area contributed by atoms with Crippen LogP contribution >= 0.6 is 11.6 Å². The summed E-state index contributed by atoms with van der Waals surface area (Å²) >= 11 is 6.15. The zero-order valence-electron chi connectivity index (χ0n) is 16.5. The smallest absolute Gasteiger partial charge is 0.138 e. The van der Waals surface area contributed by atoms with Gasteiger partial charge in [0, 0.05) is 39.8 Å². The Hall–Kier alpha value is -3.04. The van der Waals surface area contributed by atoms with Crippen molar-refractivity contribution in [2.45, 2.75) is 19.8 Å². The predicted molar refractivity (Wildman–Crippen MR) is 122 cm³/mol. The van der Waals surface area contributed by atoms with Crippen molar-refractivity contribution in [3.63, 3.8) is 0 Å². The van der Waals surface area contributed by atoms with Crippen LogP contribution in [-0.2, 0) is 13.5 Å². The first-order chi connectivity index (χ1) is 14.2. The highest BCUT2D eigenvalue weighted by Crippen LogP contribution is 2.37. The molecular formula is C25H22ClN3. The van der Waals surface area contributed by atoms with E-state index in [0.717, 1.165) is 40.3 Å². The molecule has 0 amide bonds. The molecule has 29 heavy (non-hydrogen) atoms. The summed E-state index contributed by atoms with van der Waals surface area (Å²) in [6, 6.07) is 22.9. The van der Waals surface area contributed by atoms with Gasteiger partial charge in [-0.3, -0.25) is 0 Å². The molecule has 2 heterocycles. The van der Waals surface area contributed by atoms with Crippen molar-refractivity contribution in [2.75, 3.05) is 0 Å². The van der Waals surface area contributed by atoms with Crippen LogP contribution in [-0.4, -0.2) is 14.5 Å². The second-order valence-corrected chi connectivity index (χ2v) is 7.91. The summed E-state index contributed by atoms with van der Waals surface area (Å²) < 4.78 is 2.32. The fraction of sp³-hybridized carbons (Fsp3) is 0.160. The van der Waals surface area contributed by atoms with E-state index in [2.05, 4.69) is 59.9 Å². The Balaban J connectivity index is 1.75. The Morgan fingerprint density at radius 1 is 0.966 bits per heavy atom. The third kappa shape index (κ3) is 3.02. The average molecular weight is 400 g/mol. The molecule has 1 N–H and O–H groups in total. The van der Waals surface area contributed by atoms with E-state index >= 15 is 0 Å². The van der Waals surface area contributed by atoms with Crippen molar-refractivity contribution < 1.29 is 0 Å². The number of halogens is 1. The molecule has 5 rings (SSSR count). The number of aryl methyl sites for hydroxylation is 1. The second-order valence-electron chi connectivity index (χ2n) is 7.47. The van der Waals surface area contributed by atoms with E-state index in [-0.39, 0.29) is 0 Å². The number of H-pyrrole nitrogens is 1. The lowest BCUT2D eigenvalue weighted by molar-refractivity contribution is 0.807. The molecule has 0 unspecified atom stereocenters. The highest BCUT2D eigenvalue weighted by molar-refractivity contribution is 6.30. The van der Waals surface area contributed by atoms with Crippen LogP contribution in [0.2, 0.25) is 5.02 Å². The number of nitrogens with zero attached hydrogens (tertiary/aromatic N) is 2. The molecule has 3 aromatic carbocycles. The molecule has 3 nitrogen and oxygen atoms in total. The zero-order valence-corrected chi connectivity index (χ0v) is 17.3. The Labute approximate surface area is 175 Å². The van der Waals surface area contributed by atoms with Crippen LogP contribution in [0.1, 0.15) is 19.0 Å². The lowest BCUT2D eigenvalue weighted by Crippen LogP contribution is -1.97. The molecule has 0 saturated heterocycles. The van der Waals surface area contributed by atoms with Crippen LogP contribution in [0.3, 0.4) is 0 Å². The van der Waals surface area contributed by atoms with E-state index < -0.39 is 0 Å². The quantitative estimate of drug-likeness (QED) is 0.347. The topological polar surface area (TPSA) is 33.6 Å². The normalized spacial score (nSPS) is 11.6. The van der Waals surface area contributed by atoms with Gasteiger partial charge in [-0.25, -0.2) is 4.98 Å². The molecule has 0 radical (unpaired) electrons. The highest BCUT2D eigenvalue weighted by Gasteiger charge is 2.17. The molecule has 0 bridgehead atoms. The van der Waals surface area contributed by atoms with Crippen LogP contribution < -0.4 is 0 Å². The van der Waals surface area contributed by atoms with Gasteiger partial charge < -0.3 is 9.55 Å². The average Bonchev–Trinajstić information content (AvgIpc) is 3.29. The number of hydrogen-bond donors (Lipinski definition) is 1. The second kappa shape index (κ2) is 7.09. The molecule has 0 aliphatic rings. The van der Waals surface area contributed by atoms with E-state index in [4.69, 9.17) is 16.6 Å². The number of imidazole rings is 1. The molecule has 5 aromatic rings. The Morgan fingerprint density at radius 3 is 2.48 bits per heavy atom. The van der Waals surface area contributed by atoms with Gasteiger partial charge in [0.05, 0.1) is 11.0 Å². The van der Waals surface area contributed by atoms with Crippen LogP contribution in [0.15, 0.2) is 66.7 Å². The lowest BCUT2D eigenvalue weighted by Gasteiger charge is -2.07. The van der Waals surface area contributed by atoms with Crippen molar-refractivity contribution in [1.29, 1.82) is 0 Å². The van der Waals surface area contributed by atoms with Crippen molar-refractivity contribution in [3.05, 3.63) is 77.4 Å². The maximum Gasteiger partial charge on any atom is 0.138 e. The first-order valence-electron chi connectivity index (χ1n) is 9.98. The molecule has 0 saturated carbocycles. The molecule has 144 valence electrons. The van der Waals surface area contributed by atoms with Crippen LogP contribution in [0.4, 0.5) is 0 Å². The molecule has 0 spiro atoms. The summed E-state index contributed by atoms with van der Waals surface area (Å²) in [7, 11) is 2.16. The van der Waals surface area contributed by atoms with Crippen molar-refractivity contribution in [3.8, 4) is 22.5 Å². The van der Waals surface area contributed by atoms with Crippen molar-refractivity contribution in [1.82, 2.24) is 14.5 Å². The van der Waals surface area contributed by atoms with Gasteiger partial charge in [0.2, 0.25) is 0 Å². The van der Waals surface area contributed by atoms with Gasteiger partial charge in [-0.1, -0.05) is 49.2 Å². The summed E-state index contributed by atoms with van der Waals surface area (Å²) in [5.41, 5.74) is 8.21. The summed E-state index contributed by atoms with van der Waals surface area (Å²) in [4.78, 5) is 8.24. The maximum absolute atomic E-state index is 6.15. The summed E-state index contributed by atoms with van der Waals surface area (Å²) in [5.74, 6) is 0.899. The van der Waals surface area contributed by atoms with Gasteiger partial charge in [0.25, 0.3) is 0 Å². The minimum absolute atomic E-state index is 0.758. The number of fused-ring (bicyclic) bond motifs is 2. The van der Waals surface area contributed by atoms with Gasteiger partial charge in [-0.05, 0) is 54.4 Å². The van der Waals surface area contributed by atoms with Crippen LogP contribution in [0.5, 0.6) is 0 Å². The van der Waals surface area contributed by atoms with E-state index in [0.29, 0.717) is 0 Å². The van der Waals surface area contributed by atoms with Crippen molar-refractivity contribution in [2.24, 2.45) is 7.05 Å². The predicted octanol–water partition coefficient (Wildman–Crippen LogP) is 6.99. The number of benzene rings is 3. The summed E-state index contributed by atoms with van der Waals surface area (Å²) in [6.07, 6.45) is 2.13. The monoisotopic (exact) mass is 399 g/mol. The number of rotatable bonds is 4. The molecule has 0 fully saturated rings. The number of aromatic nitrogens is 3. The van der Waals surface area contributed by atoms with E-state index in [9.17, 15) is 0 Å². The van der Waals surface area contributed by atoms with Gasteiger partial charge in [0.1, 0.15) is 5.82 Å². The van der Waals surface area contributed by atoms with E-state index in [1.54, 1.807) is 0 Å². The molecule has 0 atom stereocenters. The Bertz CT molecular complexity index is 1290. The zero-order chi connectivity index (χ0) is 20.0. The van der Waals surface area contributed by atoms with E-state index in [1.807, 2.05) is 30.3 Å². The molecular weight excluding hydrogens is 378 g/mol. The SMILES string of the molecule is CCCc1c(-c2ccc(Cl)cc2)c2cc(-c3nc4ccccc4[nH]3)ccc2n1C. The Kier molecular flexibility index (Phi) is 4.40. The number of para-hydroxylation sites is 2. The molecule has 2 aromatic heterocycles. The number of hydrogen-bond acceptors (Lipinski definition) is 1. The molecule has 4 heteroatoms. The van der Waals surface area contributed by atoms with Crippen LogP contribution in [0.25, 0.3) is 44.5 Å². The first-order valence-corrected chi connectivity index (χ1v) is 10.4. The summed E-state index contributed by atoms with van der Waals surface area (Å²) in [6.45, 7) is 2.23. The van der Waals surface area contributed by atoms with Gasteiger partial charge in [-0.2, -0.15) is 0 Å². The summed E-state index contributed by atoms with van der Waals surface area (Å²) in [5, 5.41) is 2.00. The highest BCUT2D eigenvalue weighted by atomic mass is 35.5. The largest absolute Gasteiger partial charge is 0.347 e. The maximum atomic E-state index is 6.15. The third-order valence-electron chi connectivity index (χ3n) is 5.60. The van der Waals surface area contributed by atoms with Crippen molar-refractivity contribution >= 4 is 33.5 Å². The van der Waals surface area contributed by atoms with Gasteiger partial charge in [-0.15, -0.1) is 0 Å². The Morgan fingerprint density at radius 2 is 1.72 bits per heavy atom. The van der Waals surface area contributed by atoms with Gasteiger partial charge in [0.15, 0.2) is 0 Å². The number of aromatic amines is 1. The number of nitrogens with one attached hydrogen (secondary N) is 1. The van der Waals surface area contributed by atoms with Crippen LogP contribution in [0, 0.1) is 0 Å². The standard InChI is InChI=1S/C25H22ClN3/c1-3-6-23-24(16-9-12-18(26)13-10-16)19-15-17(11-14-22(19)29(23)2)25-27-20-7-4-5-8-21(20)28-25/h4-5,7-15H,3,6H2,1-2H3,(H,27,28). The minimum Gasteiger partial charge on any atom is -0.347 e. The fourth-order valence-electron chi connectivity index (χ4n) is 4.20. The minimum atomic E-state index is 0.758. The third-order valence-corrected chi connectivity index (χ3v) is 5.86.